The smallest absolute Gasteiger partial charge is 0.293 e. The van der Waals surface area contributed by atoms with Crippen LogP contribution in [0.25, 0.3) is 16.7 Å². The van der Waals surface area contributed by atoms with Gasteiger partial charge in [0.2, 0.25) is 5.95 Å². The Kier molecular flexibility index (Phi) is 9.19. The van der Waals surface area contributed by atoms with E-state index in [-0.39, 0.29) is 5.25 Å². The number of rotatable bonds is 7. The van der Waals surface area contributed by atoms with E-state index in [0.717, 1.165) is 54.3 Å². The van der Waals surface area contributed by atoms with E-state index in [1.807, 2.05) is 29.1 Å². The van der Waals surface area contributed by atoms with Gasteiger partial charge in [-0.2, -0.15) is 10.1 Å². The number of hydrogen-bond acceptors (Lipinski definition) is 9. The minimum absolute atomic E-state index is 0.241. The predicted molar refractivity (Wildman–Crippen MR) is 149 cm³/mol. The maximum atomic E-state index is 11.9. The summed E-state index contributed by atoms with van der Waals surface area (Å²) in [5.74, 6) is 2.19. The highest BCUT2D eigenvalue weighted by Gasteiger charge is 2.27. The SMILES string of the molecule is CC1CCC(Nc2nccc(-n3ncc4c(N5CCC(S(C)(=O)=O)CC5)cccc43)n2)CC1.CCOC=O. The van der Waals surface area contributed by atoms with Crippen LogP contribution in [0.2, 0.25) is 0 Å². The van der Waals surface area contributed by atoms with Gasteiger partial charge < -0.3 is 15.0 Å². The van der Waals surface area contributed by atoms with Gasteiger partial charge in [-0.25, -0.2) is 18.1 Å². The number of benzene rings is 1. The van der Waals surface area contributed by atoms with Crippen molar-refractivity contribution >= 4 is 38.8 Å². The number of piperidine rings is 1. The number of ether oxygens (including phenoxy) is 1. The number of carbonyl (C=O) groups excluding carboxylic acids is 1. The van der Waals surface area contributed by atoms with Crippen molar-refractivity contribution in [2.24, 2.45) is 5.92 Å². The van der Waals surface area contributed by atoms with Gasteiger partial charge in [-0.15, -0.1) is 0 Å². The molecule has 3 heterocycles. The van der Waals surface area contributed by atoms with Crippen LogP contribution < -0.4 is 10.2 Å². The number of nitrogens with zero attached hydrogens (tertiary/aromatic N) is 5. The van der Waals surface area contributed by atoms with Crippen LogP contribution in [0.3, 0.4) is 0 Å². The van der Waals surface area contributed by atoms with Crippen molar-refractivity contribution in [3.63, 3.8) is 0 Å². The Morgan fingerprint density at radius 1 is 1.11 bits per heavy atom. The highest BCUT2D eigenvalue weighted by atomic mass is 32.2. The van der Waals surface area contributed by atoms with Crippen molar-refractivity contribution in [2.45, 2.75) is 63.7 Å². The quantitative estimate of drug-likeness (QED) is 0.442. The lowest BCUT2D eigenvalue weighted by molar-refractivity contribution is -0.128. The summed E-state index contributed by atoms with van der Waals surface area (Å²) in [6, 6.07) is 8.47. The summed E-state index contributed by atoms with van der Waals surface area (Å²) < 4.78 is 29.9. The largest absolute Gasteiger partial charge is 0.468 e. The molecule has 0 amide bonds. The first kappa shape index (κ1) is 27.8. The van der Waals surface area contributed by atoms with E-state index in [1.54, 1.807) is 13.1 Å². The van der Waals surface area contributed by atoms with Gasteiger partial charge in [0.1, 0.15) is 9.84 Å². The Hall–Kier alpha value is -3.21. The second-order valence-corrected chi connectivity index (χ2v) is 12.5. The Morgan fingerprint density at radius 3 is 2.47 bits per heavy atom. The standard InChI is InChI=1S/C24H32N6O2S.C3H6O2/c1-17-6-8-18(9-7-17)27-24-25-13-10-23(28-24)30-22-5-3-4-21(20(22)16-26-30)29-14-11-19(12-15-29)33(2,31)32;1-2-5-3-4/h3-5,10,13,16-19H,6-9,11-12,14-15H2,1-2H3,(H,25,27,28);3H,2H2,1H3. The van der Waals surface area contributed by atoms with Crippen molar-refractivity contribution < 1.29 is 17.9 Å². The highest BCUT2D eigenvalue weighted by Crippen LogP contribution is 2.31. The van der Waals surface area contributed by atoms with E-state index in [9.17, 15) is 13.2 Å². The van der Waals surface area contributed by atoms with Crippen LogP contribution in [-0.2, 0) is 19.4 Å². The number of nitrogens with one attached hydrogen (secondary N) is 1. The van der Waals surface area contributed by atoms with Crippen LogP contribution in [-0.4, -0.2) is 71.9 Å². The molecule has 1 saturated heterocycles. The van der Waals surface area contributed by atoms with Crippen molar-refractivity contribution in [3.05, 3.63) is 36.7 Å². The first-order valence-electron chi connectivity index (χ1n) is 13.4. The van der Waals surface area contributed by atoms with Gasteiger partial charge in [0.15, 0.2) is 5.82 Å². The molecule has 206 valence electrons. The van der Waals surface area contributed by atoms with Gasteiger partial charge in [0.05, 0.1) is 23.6 Å². The maximum Gasteiger partial charge on any atom is 0.293 e. The lowest BCUT2D eigenvalue weighted by Gasteiger charge is -2.33. The Balaban J connectivity index is 0.000000617. The van der Waals surface area contributed by atoms with Crippen molar-refractivity contribution in [1.29, 1.82) is 0 Å². The molecule has 1 aliphatic heterocycles. The molecular formula is C27H38N6O4S. The zero-order chi connectivity index (χ0) is 27.1. The molecule has 0 radical (unpaired) electrons. The molecular weight excluding hydrogens is 504 g/mol. The van der Waals surface area contributed by atoms with E-state index < -0.39 is 9.84 Å². The van der Waals surface area contributed by atoms with Crippen LogP contribution >= 0.6 is 0 Å². The zero-order valence-corrected chi connectivity index (χ0v) is 23.2. The lowest BCUT2D eigenvalue weighted by atomic mass is 9.87. The molecule has 1 saturated carbocycles. The third-order valence-electron chi connectivity index (χ3n) is 7.42. The Labute approximate surface area is 224 Å². The molecule has 1 N–H and O–H groups in total. The van der Waals surface area contributed by atoms with E-state index in [2.05, 4.69) is 38.0 Å². The zero-order valence-electron chi connectivity index (χ0n) is 22.4. The summed E-state index contributed by atoms with van der Waals surface area (Å²) in [7, 11) is -2.99. The number of hydrogen-bond donors (Lipinski definition) is 1. The second-order valence-electron chi connectivity index (χ2n) is 10.2. The highest BCUT2D eigenvalue weighted by molar-refractivity contribution is 7.91. The van der Waals surface area contributed by atoms with Crippen molar-refractivity contribution in [3.8, 4) is 5.82 Å². The molecule has 10 nitrogen and oxygen atoms in total. The number of aromatic nitrogens is 4. The molecule has 2 fully saturated rings. The van der Waals surface area contributed by atoms with E-state index >= 15 is 0 Å². The van der Waals surface area contributed by atoms with Crippen LogP contribution in [0.1, 0.15) is 52.4 Å². The molecule has 0 bridgehead atoms. The fourth-order valence-electron chi connectivity index (χ4n) is 5.21. The average molecular weight is 543 g/mol. The van der Waals surface area contributed by atoms with E-state index in [0.29, 0.717) is 37.9 Å². The van der Waals surface area contributed by atoms with Crippen molar-refractivity contribution in [1.82, 2.24) is 19.7 Å². The average Bonchev–Trinajstić information content (AvgIpc) is 3.35. The number of carbonyl (C=O) groups is 1. The molecule has 0 unspecified atom stereocenters. The molecule has 0 spiro atoms. The second kappa shape index (κ2) is 12.6. The third kappa shape index (κ3) is 6.80. The first-order chi connectivity index (χ1) is 18.3. The maximum absolute atomic E-state index is 11.9. The minimum atomic E-state index is -2.99. The molecule has 2 aromatic heterocycles. The summed E-state index contributed by atoms with van der Waals surface area (Å²) >= 11 is 0. The van der Waals surface area contributed by atoms with Crippen LogP contribution in [0.4, 0.5) is 11.6 Å². The van der Waals surface area contributed by atoms with Crippen LogP contribution in [0, 0.1) is 5.92 Å². The first-order valence-corrected chi connectivity index (χ1v) is 15.3. The molecule has 1 aliphatic carbocycles. The lowest BCUT2D eigenvalue weighted by Crippen LogP contribution is -2.39. The molecule has 2 aliphatic rings. The Bertz CT molecular complexity index is 1310. The van der Waals surface area contributed by atoms with Gasteiger partial charge in [0, 0.05) is 48.7 Å². The van der Waals surface area contributed by atoms with Gasteiger partial charge in [0.25, 0.3) is 6.47 Å². The van der Waals surface area contributed by atoms with E-state index in [1.165, 1.54) is 19.1 Å². The fourth-order valence-corrected chi connectivity index (χ4v) is 6.28. The molecule has 0 atom stereocenters. The number of fused-ring (bicyclic) bond motifs is 1. The number of anilines is 2. The Morgan fingerprint density at radius 2 is 1.84 bits per heavy atom. The van der Waals surface area contributed by atoms with Gasteiger partial charge in [-0.1, -0.05) is 13.0 Å². The summed E-state index contributed by atoms with van der Waals surface area (Å²) in [5, 5.41) is 8.96. The normalized spacial score (nSPS) is 20.4. The molecule has 3 aromatic rings. The number of sulfone groups is 1. The third-order valence-corrected chi connectivity index (χ3v) is 9.10. The molecule has 11 heteroatoms. The monoisotopic (exact) mass is 542 g/mol. The molecule has 5 rings (SSSR count). The van der Waals surface area contributed by atoms with Crippen molar-refractivity contribution in [2.75, 3.05) is 36.2 Å². The van der Waals surface area contributed by atoms with Crippen LogP contribution in [0.5, 0.6) is 0 Å². The summed E-state index contributed by atoms with van der Waals surface area (Å²) in [6.45, 7) is 6.43. The molecule has 1 aromatic carbocycles. The topological polar surface area (TPSA) is 119 Å². The van der Waals surface area contributed by atoms with E-state index in [4.69, 9.17) is 4.98 Å². The summed E-state index contributed by atoms with van der Waals surface area (Å²) in [6.07, 6.45) is 11.1. The minimum Gasteiger partial charge on any atom is -0.468 e. The summed E-state index contributed by atoms with van der Waals surface area (Å²) in [5.41, 5.74) is 2.07. The van der Waals surface area contributed by atoms with Gasteiger partial charge in [-0.05, 0) is 63.5 Å². The fraction of sp³-hybridized carbons (Fsp3) is 0.556. The van der Waals surface area contributed by atoms with Crippen LogP contribution in [0.15, 0.2) is 36.7 Å². The molecule has 38 heavy (non-hydrogen) atoms. The van der Waals surface area contributed by atoms with Gasteiger partial charge in [-0.3, -0.25) is 4.79 Å². The predicted octanol–water partition coefficient (Wildman–Crippen LogP) is 4.00. The summed E-state index contributed by atoms with van der Waals surface area (Å²) in [4.78, 5) is 20.6. The van der Waals surface area contributed by atoms with Gasteiger partial charge >= 0.3 is 0 Å².